The van der Waals surface area contributed by atoms with Gasteiger partial charge in [-0.25, -0.2) is 12.8 Å². The number of nitro benzene ring substituents is 1. The average Bonchev–Trinajstić information content (AvgIpc) is 2.58. The first kappa shape index (κ1) is 22.0. The summed E-state index contributed by atoms with van der Waals surface area (Å²) in [5.74, 6) is -1.16. The molecule has 0 spiro atoms. The van der Waals surface area contributed by atoms with Crippen molar-refractivity contribution in [2.24, 2.45) is 5.73 Å². The fraction of sp³-hybridized carbons (Fsp3) is 0.250. The smallest absolute Gasteiger partial charge is 0.292 e. The van der Waals surface area contributed by atoms with Crippen molar-refractivity contribution in [3.63, 3.8) is 0 Å². The molecule has 0 aromatic heterocycles. The number of sulfonamides is 1. The molecule has 0 aliphatic rings. The maximum absolute atomic E-state index is 14.1. The molecular formula is C16H19ClFN3O4S. The quantitative estimate of drug-likeness (QED) is 0.537. The van der Waals surface area contributed by atoms with Gasteiger partial charge in [-0.3, -0.25) is 10.1 Å². The van der Waals surface area contributed by atoms with Gasteiger partial charge in [-0.1, -0.05) is 36.4 Å². The molecule has 0 saturated heterocycles. The minimum Gasteiger partial charge on any atom is -0.329 e. The maximum Gasteiger partial charge on any atom is 0.292 e. The standard InChI is InChI=1S/C16H18FN3O4S.ClH/c17-14-7-4-8-15(20(21)22)16(14)25(23,24)19(12-10-18)11-9-13-5-2-1-3-6-13;/h1-8H,9-12,18H2;1H. The second-order valence-corrected chi connectivity index (χ2v) is 7.15. The summed E-state index contributed by atoms with van der Waals surface area (Å²) in [6, 6.07) is 12.1. The summed E-state index contributed by atoms with van der Waals surface area (Å²) < 4.78 is 40.7. The summed E-state index contributed by atoms with van der Waals surface area (Å²) in [6.07, 6.45) is 0.377. The van der Waals surface area contributed by atoms with E-state index in [2.05, 4.69) is 0 Å². The molecule has 0 unspecified atom stereocenters. The van der Waals surface area contributed by atoms with Crippen molar-refractivity contribution in [1.29, 1.82) is 0 Å². The van der Waals surface area contributed by atoms with Crippen LogP contribution in [-0.2, 0) is 16.4 Å². The van der Waals surface area contributed by atoms with Crippen LogP contribution >= 0.6 is 12.4 Å². The lowest BCUT2D eigenvalue weighted by atomic mass is 10.1. The van der Waals surface area contributed by atoms with Gasteiger partial charge >= 0.3 is 0 Å². The first-order valence-electron chi connectivity index (χ1n) is 7.55. The molecule has 0 heterocycles. The lowest BCUT2D eigenvalue weighted by molar-refractivity contribution is -0.388. The molecule has 26 heavy (non-hydrogen) atoms. The summed E-state index contributed by atoms with van der Waals surface area (Å²) in [4.78, 5) is 9.27. The predicted octanol–water partition coefficient (Wildman–Crippen LogP) is 2.35. The summed E-state index contributed by atoms with van der Waals surface area (Å²) >= 11 is 0. The third kappa shape index (κ3) is 4.98. The summed E-state index contributed by atoms with van der Waals surface area (Å²) in [5, 5.41) is 11.1. The van der Waals surface area contributed by atoms with Crippen LogP contribution in [0.15, 0.2) is 53.4 Å². The van der Waals surface area contributed by atoms with Crippen molar-refractivity contribution in [2.75, 3.05) is 19.6 Å². The molecule has 2 rings (SSSR count). The second kappa shape index (κ2) is 9.58. The predicted molar refractivity (Wildman–Crippen MR) is 98.3 cm³/mol. The van der Waals surface area contributed by atoms with E-state index in [1.165, 1.54) is 0 Å². The number of nitrogens with two attached hydrogens (primary N) is 1. The highest BCUT2D eigenvalue weighted by molar-refractivity contribution is 7.89. The van der Waals surface area contributed by atoms with Gasteiger partial charge in [-0.2, -0.15) is 4.31 Å². The number of nitro groups is 1. The Kier molecular flexibility index (Phi) is 8.09. The molecule has 0 radical (unpaired) electrons. The SMILES string of the molecule is Cl.NCCN(CCc1ccccc1)S(=O)(=O)c1c(F)cccc1[N+](=O)[O-]. The topological polar surface area (TPSA) is 107 Å². The van der Waals surface area contributed by atoms with E-state index < -0.39 is 31.3 Å². The van der Waals surface area contributed by atoms with Crippen LogP contribution < -0.4 is 5.73 Å². The first-order valence-corrected chi connectivity index (χ1v) is 8.99. The van der Waals surface area contributed by atoms with Gasteiger partial charge in [0.05, 0.1) is 4.92 Å². The number of benzene rings is 2. The Balaban J connectivity index is 0.00000338. The molecule has 0 bridgehead atoms. The van der Waals surface area contributed by atoms with Gasteiger partial charge in [0, 0.05) is 25.7 Å². The lowest BCUT2D eigenvalue weighted by Gasteiger charge is -2.21. The molecule has 2 aromatic carbocycles. The zero-order valence-corrected chi connectivity index (χ0v) is 15.4. The normalized spacial score (nSPS) is 11.2. The Morgan fingerprint density at radius 3 is 2.31 bits per heavy atom. The number of rotatable bonds is 8. The Bertz CT molecular complexity index is 850. The fourth-order valence-corrected chi connectivity index (χ4v) is 4.08. The van der Waals surface area contributed by atoms with Crippen LogP contribution in [0.1, 0.15) is 5.56 Å². The van der Waals surface area contributed by atoms with E-state index >= 15 is 0 Å². The molecule has 0 amide bonds. The number of nitrogens with zero attached hydrogens (tertiary/aromatic N) is 2. The van der Waals surface area contributed by atoms with Crippen molar-refractivity contribution < 1.29 is 17.7 Å². The van der Waals surface area contributed by atoms with Crippen molar-refractivity contribution in [2.45, 2.75) is 11.3 Å². The fourth-order valence-electron chi connectivity index (χ4n) is 2.42. The third-order valence-electron chi connectivity index (χ3n) is 3.61. The van der Waals surface area contributed by atoms with Gasteiger partial charge in [0.15, 0.2) is 4.90 Å². The van der Waals surface area contributed by atoms with Crippen LogP contribution in [0, 0.1) is 15.9 Å². The summed E-state index contributed by atoms with van der Waals surface area (Å²) in [5.41, 5.74) is 5.58. The van der Waals surface area contributed by atoms with Gasteiger partial charge in [-0.05, 0) is 18.1 Å². The van der Waals surface area contributed by atoms with E-state index in [0.717, 1.165) is 28.1 Å². The first-order chi connectivity index (χ1) is 11.9. The second-order valence-electron chi connectivity index (χ2n) is 5.27. The van der Waals surface area contributed by atoms with Gasteiger partial charge < -0.3 is 5.73 Å². The highest BCUT2D eigenvalue weighted by Gasteiger charge is 2.34. The number of hydrogen-bond donors (Lipinski definition) is 1. The van der Waals surface area contributed by atoms with Crippen LogP contribution in [0.25, 0.3) is 0 Å². The third-order valence-corrected chi connectivity index (χ3v) is 5.58. The monoisotopic (exact) mass is 403 g/mol. The van der Waals surface area contributed by atoms with E-state index in [0.29, 0.717) is 6.42 Å². The molecule has 10 heteroatoms. The largest absolute Gasteiger partial charge is 0.329 e. The van der Waals surface area contributed by atoms with Crippen LogP contribution in [0.3, 0.4) is 0 Å². The maximum atomic E-state index is 14.1. The van der Waals surface area contributed by atoms with Crippen LogP contribution in [0.4, 0.5) is 10.1 Å². The van der Waals surface area contributed by atoms with Crippen molar-refractivity contribution in [3.8, 4) is 0 Å². The van der Waals surface area contributed by atoms with E-state index in [-0.39, 0.29) is 32.0 Å². The van der Waals surface area contributed by atoms with Crippen LogP contribution in [0.2, 0.25) is 0 Å². The molecule has 7 nitrogen and oxygen atoms in total. The van der Waals surface area contributed by atoms with Crippen molar-refractivity contribution >= 4 is 28.1 Å². The van der Waals surface area contributed by atoms with Crippen molar-refractivity contribution in [3.05, 3.63) is 70.0 Å². The lowest BCUT2D eigenvalue weighted by Crippen LogP contribution is -2.37. The Hall–Kier alpha value is -2.07. The molecule has 142 valence electrons. The highest BCUT2D eigenvalue weighted by Crippen LogP contribution is 2.29. The Labute approximate surface area is 157 Å². The van der Waals surface area contributed by atoms with Crippen molar-refractivity contribution in [1.82, 2.24) is 4.31 Å². The molecular weight excluding hydrogens is 385 g/mol. The van der Waals surface area contributed by atoms with E-state index in [1.54, 1.807) is 0 Å². The Morgan fingerprint density at radius 1 is 1.08 bits per heavy atom. The van der Waals surface area contributed by atoms with Crippen LogP contribution in [-0.4, -0.2) is 37.3 Å². The molecule has 2 aromatic rings. The zero-order chi connectivity index (χ0) is 18.4. The number of hydrogen-bond acceptors (Lipinski definition) is 5. The van der Waals surface area contributed by atoms with Gasteiger partial charge in [0.25, 0.3) is 15.7 Å². The van der Waals surface area contributed by atoms with Gasteiger partial charge in [-0.15, -0.1) is 12.4 Å². The minimum atomic E-state index is -4.40. The Morgan fingerprint density at radius 2 is 1.73 bits per heavy atom. The number of halogens is 2. The molecule has 2 N–H and O–H groups in total. The highest BCUT2D eigenvalue weighted by atomic mass is 35.5. The molecule has 0 aliphatic carbocycles. The average molecular weight is 404 g/mol. The summed E-state index contributed by atoms with van der Waals surface area (Å²) in [6.45, 7) is -0.0219. The minimum absolute atomic E-state index is 0. The molecule has 0 saturated carbocycles. The van der Waals surface area contributed by atoms with Crippen LogP contribution in [0.5, 0.6) is 0 Å². The molecule has 0 atom stereocenters. The van der Waals surface area contributed by atoms with Gasteiger partial charge in [0.2, 0.25) is 0 Å². The van der Waals surface area contributed by atoms with E-state index in [9.17, 15) is 22.9 Å². The molecule has 0 aliphatic heterocycles. The van der Waals surface area contributed by atoms with Gasteiger partial charge in [0.1, 0.15) is 5.82 Å². The van der Waals surface area contributed by atoms with E-state index in [1.807, 2.05) is 30.3 Å². The van der Waals surface area contributed by atoms with E-state index in [4.69, 9.17) is 5.73 Å². The summed E-state index contributed by atoms with van der Waals surface area (Å²) in [7, 11) is -4.40. The molecule has 0 fully saturated rings. The zero-order valence-electron chi connectivity index (χ0n) is 13.7.